The summed E-state index contributed by atoms with van der Waals surface area (Å²) in [5.41, 5.74) is 1.21. The van der Waals surface area contributed by atoms with Gasteiger partial charge in [-0.1, -0.05) is 96.1 Å². The van der Waals surface area contributed by atoms with Gasteiger partial charge in [-0.25, -0.2) is 4.79 Å². The zero-order valence-electron chi connectivity index (χ0n) is 23.1. The van der Waals surface area contributed by atoms with Crippen LogP contribution in [0.1, 0.15) is 58.2 Å². The van der Waals surface area contributed by atoms with Gasteiger partial charge in [-0.3, -0.25) is 0 Å². The van der Waals surface area contributed by atoms with E-state index in [0.717, 1.165) is 16.7 Å². The summed E-state index contributed by atoms with van der Waals surface area (Å²) in [6, 6.07) is 23.4. The van der Waals surface area contributed by atoms with E-state index in [4.69, 9.17) is 4.74 Å². The molecule has 0 saturated heterocycles. The van der Waals surface area contributed by atoms with Crippen LogP contribution in [0.25, 0.3) is 0 Å². The molecule has 8 heteroatoms. The number of carboxylic acid groups (broad SMARTS) is 1. The number of hydrogen-bond acceptors (Lipinski definition) is 4. The second-order valence-electron chi connectivity index (χ2n) is 11.4. The van der Waals surface area contributed by atoms with Gasteiger partial charge in [-0.05, 0) is 51.8 Å². The van der Waals surface area contributed by atoms with Crippen LogP contribution in [0.15, 0.2) is 78.9 Å². The lowest BCUT2D eigenvalue weighted by Crippen LogP contribution is -2.54. The molecule has 2 N–H and O–H groups in total. The van der Waals surface area contributed by atoms with E-state index in [-0.39, 0.29) is 17.6 Å². The maximum Gasteiger partial charge on any atom is 0.426 e. The van der Waals surface area contributed by atoms with Gasteiger partial charge < -0.3 is 9.84 Å². The molecule has 0 aliphatic rings. The molecule has 204 valence electrons. The van der Waals surface area contributed by atoms with Crippen LogP contribution in [0.4, 0.5) is 10.5 Å². The lowest BCUT2D eigenvalue weighted by atomic mass is 9.57. The third kappa shape index (κ3) is 5.71. The van der Waals surface area contributed by atoms with Gasteiger partial charge >= 0.3 is 16.3 Å². The second kappa shape index (κ2) is 10.8. The number of nitrogens with one attached hydrogen (secondary N) is 1. The molecule has 38 heavy (non-hydrogen) atoms. The highest BCUT2D eigenvalue weighted by atomic mass is 32.2. The topological polar surface area (TPSA) is 95.9 Å². The fraction of sp³-hybridized carbons (Fsp3) is 0.367. The summed E-state index contributed by atoms with van der Waals surface area (Å²) in [5, 5.41) is 9.89. The average Bonchev–Trinajstić information content (AvgIpc) is 2.84. The molecule has 0 aliphatic carbocycles. The number of amides is 1. The molecule has 3 aromatic carbocycles. The summed E-state index contributed by atoms with van der Waals surface area (Å²) in [7, 11) is -2.87. The molecule has 0 saturated carbocycles. The predicted molar refractivity (Wildman–Crippen MR) is 152 cm³/mol. The first-order valence-electron chi connectivity index (χ1n) is 12.5. The van der Waals surface area contributed by atoms with Gasteiger partial charge in [0.05, 0.1) is 12.8 Å². The Hall–Kier alpha value is -3.36. The van der Waals surface area contributed by atoms with Crippen molar-refractivity contribution in [2.45, 2.75) is 52.4 Å². The van der Waals surface area contributed by atoms with Crippen molar-refractivity contribution in [3.63, 3.8) is 0 Å². The number of benzene rings is 3. The van der Waals surface area contributed by atoms with Crippen molar-refractivity contribution in [1.29, 1.82) is 0 Å². The van der Waals surface area contributed by atoms with E-state index >= 15 is 0 Å². The standard InChI is InChI=1S/C30H38N2O5S/c1-28(2,3)26-20-24(37-7)18-19-25(26)30(29(4,5)6,22-14-10-8-11-15-22)21-31-38(35,36)32(27(33)34)23-16-12-9-13-17-23/h8-20,31H,21H2,1-7H3,(H,33,34). The van der Waals surface area contributed by atoms with E-state index in [1.807, 2.05) is 48.5 Å². The van der Waals surface area contributed by atoms with Crippen molar-refractivity contribution >= 4 is 22.0 Å². The minimum atomic E-state index is -4.49. The first-order chi connectivity index (χ1) is 17.6. The van der Waals surface area contributed by atoms with Crippen LogP contribution in [0.3, 0.4) is 0 Å². The Morgan fingerprint density at radius 3 is 1.89 bits per heavy atom. The molecule has 0 radical (unpaired) electrons. The summed E-state index contributed by atoms with van der Waals surface area (Å²) >= 11 is 0. The molecule has 1 unspecified atom stereocenters. The van der Waals surface area contributed by atoms with Crippen LogP contribution in [0, 0.1) is 5.41 Å². The summed E-state index contributed by atoms with van der Waals surface area (Å²) in [4.78, 5) is 12.2. The zero-order valence-corrected chi connectivity index (χ0v) is 24.0. The molecule has 0 heterocycles. The largest absolute Gasteiger partial charge is 0.497 e. The maximum atomic E-state index is 13.6. The van der Waals surface area contributed by atoms with Crippen molar-refractivity contribution in [1.82, 2.24) is 4.72 Å². The van der Waals surface area contributed by atoms with Gasteiger partial charge in [0.1, 0.15) is 5.75 Å². The number of hydrogen-bond donors (Lipinski definition) is 2. The third-order valence-corrected chi connectivity index (χ3v) is 8.32. The number of para-hydroxylation sites is 1. The molecule has 0 aromatic heterocycles. The Morgan fingerprint density at radius 2 is 1.42 bits per heavy atom. The van der Waals surface area contributed by atoms with Crippen molar-refractivity contribution in [2.75, 3.05) is 18.0 Å². The molecule has 0 fully saturated rings. The number of ether oxygens (including phenoxy) is 1. The van der Waals surface area contributed by atoms with Gasteiger partial charge in [-0.2, -0.15) is 17.4 Å². The lowest BCUT2D eigenvalue weighted by Gasteiger charge is -2.48. The van der Waals surface area contributed by atoms with E-state index in [2.05, 4.69) is 46.3 Å². The van der Waals surface area contributed by atoms with Crippen LogP contribution in [-0.2, 0) is 21.0 Å². The average molecular weight is 539 g/mol. The lowest BCUT2D eigenvalue weighted by molar-refractivity contribution is 0.205. The molecule has 3 rings (SSSR count). The van der Waals surface area contributed by atoms with E-state index in [9.17, 15) is 18.3 Å². The van der Waals surface area contributed by atoms with E-state index in [1.165, 1.54) is 12.1 Å². The smallest absolute Gasteiger partial charge is 0.426 e. The SMILES string of the molecule is COc1ccc(C(CNS(=O)(=O)N(C(=O)O)c2ccccc2)(c2ccccc2)C(C)(C)C)c(C(C)(C)C)c1. The first kappa shape index (κ1) is 29.2. The molecule has 3 aromatic rings. The van der Waals surface area contributed by atoms with Crippen molar-refractivity contribution in [3.8, 4) is 5.75 Å². The monoisotopic (exact) mass is 538 g/mol. The predicted octanol–water partition coefficient (Wildman–Crippen LogP) is 6.34. The Bertz CT molecular complexity index is 1360. The number of methoxy groups -OCH3 is 1. The molecule has 7 nitrogen and oxygen atoms in total. The van der Waals surface area contributed by atoms with Gasteiger partial charge in [0.15, 0.2) is 0 Å². The molecule has 1 atom stereocenters. The maximum absolute atomic E-state index is 13.6. The Kier molecular flexibility index (Phi) is 8.29. The Labute approximate surface area is 226 Å². The normalized spacial score (nSPS) is 14.0. The van der Waals surface area contributed by atoms with Crippen LogP contribution in [0.5, 0.6) is 5.75 Å². The molecular weight excluding hydrogens is 500 g/mol. The fourth-order valence-corrected chi connectivity index (χ4v) is 6.13. The number of rotatable bonds is 8. The van der Waals surface area contributed by atoms with Crippen molar-refractivity contribution in [3.05, 3.63) is 95.6 Å². The van der Waals surface area contributed by atoms with E-state index in [0.29, 0.717) is 10.1 Å². The Balaban J connectivity index is 2.28. The highest BCUT2D eigenvalue weighted by Crippen LogP contribution is 2.50. The molecule has 0 aliphatic heterocycles. The number of carbonyl (C=O) groups is 1. The van der Waals surface area contributed by atoms with Gasteiger partial charge in [0.2, 0.25) is 0 Å². The summed E-state index contributed by atoms with van der Waals surface area (Å²) in [6.07, 6.45) is -1.59. The second-order valence-corrected chi connectivity index (χ2v) is 13.0. The minimum absolute atomic E-state index is 0.0356. The van der Waals surface area contributed by atoms with Crippen molar-refractivity contribution in [2.24, 2.45) is 5.41 Å². The number of anilines is 1. The summed E-state index contributed by atoms with van der Waals surface area (Å²) in [5.74, 6) is 0.705. The van der Waals surface area contributed by atoms with Crippen LogP contribution in [-0.4, -0.2) is 33.3 Å². The van der Waals surface area contributed by atoms with Gasteiger partial charge in [0.25, 0.3) is 0 Å². The van der Waals surface area contributed by atoms with Crippen LogP contribution < -0.4 is 13.8 Å². The number of nitrogens with zero attached hydrogens (tertiary/aromatic N) is 1. The zero-order chi connectivity index (χ0) is 28.4. The van der Waals surface area contributed by atoms with Crippen molar-refractivity contribution < 1.29 is 23.1 Å². The first-order valence-corrected chi connectivity index (χ1v) is 13.9. The highest BCUT2D eigenvalue weighted by Gasteiger charge is 2.48. The quantitative estimate of drug-likeness (QED) is 0.349. The molecule has 1 amide bonds. The minimum Gasteiger partial charge on any atom is -0.497 e. The molecule has 0 bridgehead atoms. The third-order valence-electron chi connectivity index (χ3n) is 6.97. The van der Waals surface area contributed by atoms with Gasteiger partial charge in [0, 0.05) is 12.0 Å². The fourth-order valence-electron chi connectivity index (χ4n) is 5.00. The van der Waals surface area contributed by atoms with E-state index < -0.39 is 27.1 Å². The van der Waals surface area contributed by atoms with Gasteiger partial charge in [-0.15, -0.1) is 0 Å². The summed E-state index contributed by atoms with van der Waals surface area (Å²) < 4.78 is 35.8. The van der Waals surface area contributed by atoms with Crippen LogP contribution >= 0.6 is 0 Å². The van der Waals surface area contributed by atoms with Crippen LogP contribution in [0.2, 0.25) is 0 Å². The summed E-state index contributed by atoms with van der Waals surface area (Å²) in [6.45, 7) is 12.4. The highest BCUT2D eigenvalue weighted by molar-refractivity contribution is 7.91. The molecular formula is C30H38N2O5S. The Morgan fingerprint density at radius 1 is 0.868 bits per heavy atom. The molecule has 0 spiro atoms. The van der Waals surface area contributed by atoms with E-state index in [1.54, 1.807) is 25.3 Å².